The largest absolute Gasteiger partial charge is 0.478 e. The predicted molar refractivity (Wildman–Crippen MR) is 83.4 cm³/mol. The van der Waals surface area contributed by atoms with Crippen LogP contribution in [-0.2, 0) is 0 Å². The van der Waals surface area contributed by atoms with E-state index in [-0.39, 0.29) is 11.6 Å². The summed E-state index contributed by atoms with van der Waals surface area (Å²) in [6.07, 6.45) is 2.47. The van der Waals surface area contributed by atoms with Crippen LogP contribution >= 0.6 is 11.3 Å². The van der Waals surface area contributed by atoms with Gasteiger partial charge in [-0.25, -0.2) is 9.59 Å². The van der Waals surface area contributed by atoms with Crippen LogP contribution in [-0.4, -0.2) is 48.2 Å². The number of urea groups is 1. The van der Waals surface area contributed by atoms with Crippen LogP contribution in [0.2, 0.25) is 0 Å². The zero-order chi connectivity index (χ0) is 15.6. The molecule has 21 heavy (non-hydrogen) atoms. The fourth-order valence-corrected chi connectivity index (χ4v) is 3.21. The van der Waals surface area contributed by atoms with E-state index in [1.807, 2.05) is 14.0 Å². The van der Waals surface area contributed by atoms with Crippen molar-refractivity contribution < 1.29 is 14.7 Å². The van der Waals surface area contributed by atoms with Crippen molar-refractivity contribution in [3.05, 3.63) is 16.0 Å². The first-order valence-electron chi connectivity index (χ1n) is 6.98. The third kappa shape index (κ3) is 3.95. The van der Waals surface area contributed by atoms with E-state index in [0.29, 0.717) is 23.2 Å². The van der Waals surface area contributed by atoms with Crippen molar-refractivity contribution in [2.45, 2.75) is 32.7 Å². The number of carboxylic acid groups (broad SMARTS) is 1. The molecule has 116 valence electrons. The smallest absolute Gasteiger partial charge is 0.338 e. The van der Waals surface area contributed by atoms with Crippen molar-refractivity contribution in [2.24, 2.45) is 0 Å². The van der Waals surface area contributed by atoms with Crippen molar-refractivity contribution in [3.63, 3.8) is 0 Å². The van der Waals surface area contributed by atoms with Gasteiger partial charge in [-0.3, -0.25) is 5.32 Å². The molecule has 1 saturated carbocycles. The van der Waals surface area contributed by atoms with Gasteiger partial charge in [0.1, 0.15) is 5.00 Å². The average Bonchev–Trinajstić information content (AvgIpc) is 3.18. The Bertz CT molecular complexity index is 552. The van der Waals surface area contributed by atoms with E-state index in [4.69, 9.17) is 0 Å². The maximum absolute atomic E-state index is 11.8. The maximum Gasteiger partial charge on any atom is 0.338 e. The molecule has 0 saturated heterocycles. The second kappa shape index (κ2) is 6.44. The van der Waals surface area contributed by atoms with E-state index in [1.165, 1.54) is 24.2 Å². The minimum Gasteiger partial charge on any atom is -0.478 e. The summed E-state index contributed by atoms with van der Waals surface area (Å²) in [6, 6.07) is 0.305. The molecule has 0 atom stereocenters. The van der Waals surface area contributed by atoms with Crippen LogP contribution in [0, 0.1) is 13.8 Å². The third-order valence-electron chi connectivity index (χ3n) is 3.75. The van der Waals surface area contributed by atoms with Gasteiger partial charge >= 0.3 is 12.0 Å². The summed E-state index contributed by atoms with van der Waals surface area (Å²) in [5, 5.41) is 15.0. The highest BCUT2D eigenvalue weighted by molar-refractivity contribution is 7.16. The molecule has 1 aliphatic carbocycles. The van der Waals surface area contributed by atoms with E-state index < -0.39 is 5.97 Å². The number of thiophene rings is 1. The number of anilines is 1. The fraction of sp³-hybridized carbons (Fsp3) is 0.571. The summed E-state index contributed by atoms with van der Waals surface area (Å²) >= 11 is 1.29. The van der Waals surface area contributed by atoms with Gasteiger partial charge < -0.3 is 15.3 Å². The third-order valence-corrected chi connectivity index (χ3v) is 4.87. The van der Waals surface area contributed by atoms with Gasteiger partial charge in [-0.15, -0.1) is 11.3 Å². The summed E-state index contributed by atoms with van der Waals surface area (Å²) in [6.45, 7) is 4.94. The number of hydrogen-bond donors (Lipinski definition) is 3. The Balaban J connectivity index is 1.87. The maximum atomic E-state index is 11.8. The van der Waals surface area contributed by atoms with Crippen LogP contribution in [0.3, 0.4) is 0 Å². The Morgan fingerprint density at radius 1 is 1.38 bits per heavy atom. The van der Waals surface area contributed by atoms with Crippen LogP contribution in [0.25, 0.3) is 0 Å². The summed E-state index contributed by atoms with van der Waals surface area (Å²) < 4.78 is 0. The molecule has 0 bridgehead atoms. The SMILES string of the molecule is Cc1sc(NC(=O)NCCN(C)C2CC2)c(C(=O)O)c1C. The van der Waals surface area contributed by atoms with Crippen LogP contribution in [0.15, 0.2) is 0 Å². The predicted octanol–water partition coefficient (Wildman–Crippen LogP) is 2.28. The molecule has 2 rings (SSSR count). The molecule has 7 heteroatoms. The molecule has 2 amide bonds. The molecule has 0 aliphatic heterocycles. The first-order chi connectivity index (χ1) is 9.90. The van der Waals surface area contributed by atoms with E-state index in [2.05, 4.69) is 15.5 Å². The number of carboxylic acids is 1. The first kappa shape index (κ1) is 15.8. The van der Waals surface area contributed by atoms with E-state index >= 15 is 0 Å². The number of likely N-dealkylation sites (N-methyl/N-ethyl adjacent to an activating group) is 1. The highest BCUT2D eigenvalue weighted by Gasteiger charge is 2.25. The quantitative estimate of drug-likeness (QED) is 0.753. The molecule has 0 spiro atoms. The molecule has 0 unspecified atom stereocenters. The molecular weight excluding hydrogens is 290 g/mol. The summed E-state index contributed by atoms with van der Waals surface area (Å²) in [7, 11) is 2.05. The van der Waals surface area contributed by atoms with Crippen LogP contribution in [0.1, 0.15) is 33.6 Å². The van der Waals surface area contributed by atoms with E-state index in [1.54, 1.807) is 6.92 Å². The molecule has 0 radical (unpaired) electrons. The van der Waals surface area contributed by atoms with Gasteiger partial charge in [-0.2, -0.15) is 0 Å². The molecule has 1 aromatic rings. The molecule has 1 heterocycles. The zero-order valence-electron chi connectivity index (χ0n) is 12.5. The number of amides is 2. The van der Waals surface area contributed by atoms with Crippen molar-refractivity contribution in [1.82, 2.24) is 10.2 Å². The van der Waals surface area contributed by atoms with Crippen molar-refractivity contribution in [3.8, 4) is 0 Å². The van der Waals surface area contributed by atoms with Crippen molar-refractivity contribution in [1.29, 1.82) is 0 Å². The normalized spacial score (nSPS) is 14.3. The lowest BCUT2D eigenvalue weighted by Gasteiger charge is -2.15. The Labute approximate surface area is 128 Å². The van der Waals surface area contributed by atoms with Crippen molar-refractivity contribution in [2.75, 3.05) is 25.5 Å². The molecule has 1 fully saturated rings. The average molecular weight is 311 g/mol. The molecular formula is C14H21N3O3S. The minimum absolute atomic E-state index is 0.183. The standard InChI is InChI=1S/C14H21N3O3S/c1-8-9(2)21-12(11(8)13(18)19)16-14(20)15-6-7-17(3)10-4-5-10/h10H,4-7H2,1-3H3,(H,18,19)(H2,15,16,20). The summed E-state index contributed by atoms with van der Waals surface area (Å²) in [4.78, 5) is 26.2. The molecule has 1 aliphatic rings. The topological polar surface area (TPSA) is 81.7 Å². The van der Waals surface area contributed by atoms with Gasteiger partial charge in [0.05, 0.1) is 5.56 Å². The Hall–Kier alpha value is -1.60. The summed E-state index contributed by atoms with van der Waals surface area (Å²) in [5.41, 5.74) is 0.888. The monoisotopic (exact) mass is 311 g/mol. The lowest BCUT2D eigenvalue weighted by Crippen LogP contribution is -2.36. The van der Waals surface area contributed by atoms with Crippen LogP contribution in [0.5, 0.6) is 0 Å². The number of aryl methyl sites for hydroxylation is 1. The molecule has 0 aromatic carbocycles. The number of carbonyl (C=O) groups excluding carboxylic acids is 1. The lowest BCUT2D eigenvalue weighted by atomic mass is 10.1. The second-order valence-corrected chi connectivity index (χ2v) is 6.61. The van der Waals surface area contributed by atoms with Gasteiger partial charge in [0.15, 0.2) is 0 Å². The van der Waals surface area contributed by atoms with Gasteiger partial charge in [-0.05, 0) is 39.3 Å². The molecule has 1 aromatic heterocycles. The number of carbonyl (C=O) groups is 2. The molecule has 3 N–H and O–H groups in total. The number of nitrogens with zero attached hydrogens (tertiary/aromatic N) is 1. The van der Waals surface area contributed by atoms with E-state index in [0.717, 1.165) is 11.4 Å². The Kier molecular flexibility index (Phi) is 4.84. The number of nitrogens with one attached hydrogen (secondary N) is 2. The van der Waals surface area contributed by atoms with E-state index in [9.17, 15) is 14.7 Å². The lowest BCUT2D eigenvalue weighted by molar-refractivity contribution is 0.0697. The van der Waals surface area contributed by atoms with Gasteiger partial charge in [-0.1, -0.05) is 0 Å². The minimum atomic E-state index is -1.01. The molecule has 6 nitrogen and oxygen atoms in total. The number of rotatable bonds is 6. The highest BCUT2D eigenvalue weighted by Crippen LogP contribution is 2.32. The fourth-order valence-electron chi connectivity index (χ4n) is 2.16. The van der Waals surface area contributed by atoms with Crippen molar-refractivity contribution >= 4 is 28.3 Å². The van der Waals surface area contributed by atoms with Crippen LogP contribution in [0.4, 0.5) is 9.80 Å². The summed E-state index contributed by atoms with van der Waals surface area (Å²) in [5.74, 6) is -1.01. The number of aromatic carboxylic acids is 1. The second-order valence-electron chi connectivity index (χ2n) is 5.39. The van der Waals surface area contributed by atoms with Gasteiger partial charge in [0.25, 0.3) is 0 Å². The Morgan fingerprint density at radius 3 is 2.62 bits per heavy atom. The van der Waals surface area contributed by atoms with Crippen LogP contribution < -0.4 is 10.6 Å². The zero-order valence-corrected chi connectivity index (χ0v) is 13.3. The Morgan fingerprint density at radius 2 is 2.05 bits per heavy atom. The first-order valence-corrected chi connectivity index (χ1v) is 7.80. The highest BCUT2D eigenvalue weighted by atomic mass is 32.1. The van der Waals surface area contributed by atoms with Gasteiger partial charge in [0.2, 0.25) is 0 Å². The van der Waals surface area contributed by atoms with Gasteiger partial charge in [0, 0.05) is 24.0 Å². The number of hydrogen-bond acceptors (Lipinski definition) is 4.